The number of ether oxygens (including phenoxy) is 1. The average molecular weight is 406 g/mol. The first-order chi connectivity index (χ1) is 13.2. The summed E-state index contributed by atoms with van der Waals surface area (Å²) in [5.74, 6) is -1.75. The summed E-state index contributed by atoms with van der Waals surface area (Å²) < 4.78 is 5.51. The number of halogens is 1. The van der Waals surface area contributed by atoms with Crippen LogP contribution in [0.5, 0.6) is 0 Å². The largest absolute Gasteiger partial charge is 0.372 e. The fourth-order valence-corrected chi connectivity index (χ4v) is 2.71. The molecule has 0 radical (unpaired) electrons. The van der Waals surface area contributed by atoms with Gasteiger partial charge in [0.05, 0.1) is 11.5 Å². The third kappa shape index (κ3) is 5.05. The van der Waals surface area contributed by atoms with Crippen molar-refractivity contribution in [2.45, 2.75) is 19.4 Å². The van der Waals surface area contributed by atoms with Crippen LogP contribution in [0.15, 0.2) is 42.5 Å². The quantitative estimate of drug-likeness (QED) is 0.435. The number of aryl methyl sites for hydroxylation is 1. The zero-order chi connectivity index (χ0) is 20.9. The van der Waals surface area contributed by atoms with Crippen LogP contribution in [-0.4, -0.2) is 30.4 Å². The van der Waals surface area contributed by atoms with Crippen molar-refractivity contribution in [2.24, 2.45) is 0 Å². The predicted octanol–water partition coefficient (Wildman–Crippen LogP) is 3.17. The second-order valence-electron chi connectivity index (χ2n) is 6.34. The van der Waals surface area contributed by atoms with Gasteiger partial charge in [-0.15, -0.1) is 0 Å². The number of hydrogen-bond acceptors (Lipinski definition) is 5. The molecule has 0 fully saturated rings. The van der Waals surface area contributed by atoms with Gasteiger partial charge in [0.15, 0.2) is 0 Å². The topological polar surface area (TPSA) is 111 Å². The molecule has 0 aliphatic rings. The number of non-ortho nitro benzene ring substituents is 1. The van der Waals surface area contributed by atoms with Crippen molar-refractivity contribution >= 4 is 34.8 Å². The fraction of sp³-hybridized carbons (Fsp3) is 0.263. The minimum atomic E-state index is -0.887. The molecule has 2 rings (SSSR count). The third-order valence-electron chi connectivity index (χ3n) is 4.35. The predicted molar refractivity (Wildman–Crippen MR) is 105 cm³/mol. The van der Waals surface area contributed by atoms with Crippen molar-refractivity contribution in [1.29, 1.82) is 0 Å². The smallest absolute Gasteiger partial charge is 0.313 e. The molecule has 148 valence electrons. The van der Waals surface area contributed by atoms with Gasteiger partial charge in [0.1, 0.15) is 5.60 Å². The molecule has 0 saturated heterocycles. The first-order valence-electron chi connectivity index (χ1n) is 8.31. The second kappa shape index (κ2) is 8.81. The van der Waals surface area contributed by atoms with Gasteiger partial charge in [0.25, 0.3) is 5.69 Å². The lowest BCUT2D eigenvalue weighted by Crippen LogP contribution is -2.44. The normalized spacial score (nSPS) is 12.7. The van der Waals surface area contributed by atoms with Gasteiger partial charge in [0, 0.05) is 30.0 Å². The first kappa shape index (κ1) is 21.3. The molecule has 9 heteroatoms. The van der Waals surface area contributed by atoms with Crippen molar-refractivity contribution in [3.63, 3.8) is 0 Å². The van der Waals surface area contributed by atoms with Crippen molar-refractivity contribution < 1.29 is 19.2 Å². The lowest BCUT2D eigenvalue weighted by atomic mass is 9.95. The van der Waals surface area contributed by atoms with Crippen LogP contribution < -0.4 is 10.6 Å². The van der Waals surface area contributed by atoms with E-state index in [4.69, 9.17) is 16.3 Å². The Kier molecular flexibility index (Phi) is 6.71. The highest BCUT2D eigenvalue weighted by atomic mass is 35.5. The van der Waals surface area contributed by atoms with Crippen molar-refractivity contribution in [3.8, 4) is 0 Å². The first-order valence-corrected chi connectivity index (χ1v) is 8.69. The van der Waals surface area contributed by atoms with E-state index in [0.29, 0.717) is 16.3 Å². The highest BCUT2D eigenvalue weighted by Crippen LogP contribution is 2.26. The van der Waals surface area contributed by atoms with Crippen LogP contribution in [-0.2, 0) is 19.9 Å². The Morgan fingerprint density at radius 2 is 1.93 bits per heavy atom. The zero-order valence-corrected chi connectivity index (χ0v) is 16.4. The summed E-state index contributed by atoms with van der Waals surface area (Å²) >= 11 is 6.01. The van der Waals surface area contributed by atoms with Gasteiger partial charge in [0.2, 0.25) is 0 Å². The maximum atomic E-state index is 12.2. The molecule has 0 saturated carbocycles. The maximum absolute atomic E-state index is 12.2. The third-order valence-corrected chi connectivity index (χ3v) is 4.58. The van der Waals surface area contributed by atoms with E-state index in [1.807, 2.05) is 6.07 Å². The van der Waals surface area contributed by atoms with Gasteiger partial charge in [-0.1, -0.05) is 23.7 Å². The highest BCUT2D eigenvalue weighted by Gasteiger charge is 2.28. The molecule has 2 aromatic rings. The molecule has 0 spiro atoms. The van der Waals surface area contributed by atoms with E-state index in [1.165, 1.54) is 25.3 Å². The summed E-state index contributed by atoms with van der Waals surface area (Å²) in [6.45, 7) is 3.40. The fourth-order valence-electron chi connectivity index (χ4n) is 2.52. The van der Waals surface area contributed by atoms with Gasteiger partial charge in [-0.25, -0.2) is 0 Å². The van der Waals surface area contributed by atoms with E-state index < -0.39 is 22.3 Å². The number of nitro benzene ring substituents is 1. The van der Waals surface area contributed by atoms with Crippen molar-refractivity contribution in [3.05, 3.63) is 68.7 Å². The van der Waals surface area contributed by atoms with Crippen LogP contribution in [0.4, 0.5) is 11.4 Å². The Morgan fingerprint density at radius 3 is 2.50 bits per heavy atom. The van der Waals surface area contributed by atoms with E-state index in [1.54, 1.807) is 32.0 Å². The van der Waals surface area contributed by atoms with Crippen molar-refractivity contribution in [2.75, 3.05) is 19.0 Å². The molecule has 0 aliphatic heterocycles. The standard InChI is InChI=1S/C19H20ClN3O5/c1-12-9-15(23(26)27)7-8-16(12)22-18(25)17(24)21-11-19(2,28-3)13-5-4-6-14(20)10-13/h4-10H,11H2,1-3H3,(H,21,24)(H,22,25). The minimum Gasteiger partial charge on any atom is -0.372 e. The maximum Gasteiger partial charge on any atom is 0.313 e. The number of nitrogens with one attached hydrogen (secondary N) is 2. The van der Waals surface area contributed by atoms with Crippen LogP contribution in [0.2, 0.25) is 5.02 Å². The van der Waals surface area contributed by atoms with Crippen LogP contribution in [0.1, 0.15) is 18.1 Å². The molecule has 2 N–H and O–H groups in total. The summed E-state index contributed by atoms with van der Waals surface area (Å²) in [6, 6.07) is 11.0. The average Bonchev–Trinajstić information content (AvgIpc) is 2.67. The van der Waals surface area contributed by atoms with Crippen LogP contribution in [0.3, 0.4) is 0 Å². The Hall–Kier alpha value is -2.97. The summed E-state index contributed by atoms with van der Waals surface area (Å²) in [4.78, 5) is 34.6. The van der Waals surface area contributed by atoms with Crippen molar-refractivity contribution in [1.82, 2.24) is 5.32 Å². The summed E-state index contributed by atoms with van der Waals surface area (Å²) in [5, 5.41) is 16.3. The Bertz CT molecular complexity index is 918. The molecule has 2 amide bonds. The summed E-state index contributed by atoms with van der Waals surface area (Å²) in [5.41, 5.74) is 0.544. The lowest BCUT2D eigenvalue weighted by molar-refractivity contribution is -0.384. The van der Waals surface area contributed by atoms with Crippen LogP contribution in [0, 0.1) is 17.0 Å². The molecular weight excluding hydrogens is 386 g/mol. The molecule has 1 atom stereocenters. The SMILES string of the molecule is COC(C)(CNC(=O)C(=O)Nc1ccc([N+](=O)[O-])cc1C)c1cccc(Cl)c1. The number of hydrogen-bond donors (Lipinski definition) is 2. The Morgan fingerprint density at radius 1 is 1.21 bits per heavy atom. The number of carbonyl (C=O) groups excluding carboxylic acids is 2. The monoisotopic (exact) mass is 405 g/mol. The van der Waals surface area contributed by atoms with E-state index in [2.05, 4.69) is 10.6 Å². The van der Waals surface area contributed by atoms with E-state index in [-0.39, 0.29) is 12.2 Å². The number of benzene rings is 2. The molecule has 2 aromatic carbocycles. The molecule has 1 unspecified atom stereocenters. The van der Waals surface area contributed by atoms with Gasteiger partial charge >= 0.3 is 11.8 Å². The van der Waals surface area contributed by atoms with E-state index >= 15 is 0 Å². The van der Waals surface area contributed by atoms with Gasteiger partial charge in [-0.2, -0.15) is 0 Å². The van der Waals surface area contributed by atoms with Gasteiger partial charge in [-0.3, -0.25) is 19.7 Å². The zero-order valence-electron chi connectivity index (χ0n) is 15.6. The highest BCUT2D eigenvalue weighted by molar-refractivity contribution is 6.39. The Balaban J connectivity index is 2.04. The van der Waals surface area contributed by atoms with E-state index in [0.717, 1.165) is 5.56 Å². The molecule has 8 nitrogen and oxygen atoms in total. The number of nitro groups is 1. The van der Waals surface area contributed by atoms with Gasteiger partial charge < -0.3 is 15.4 Å². The summed E-state index contributed by atoms with van der Waals surface area (Å²) in [7, 11) is 1.49. The Labute approximate surface area is 167 Å². The molecule has 0 aliphatic carbocycles. The number of anilines is 1. The van der Waals surface area contributed by atoms with Crippen LogP contribution in [0.25, 0.3) is 0 Å². The molecule has 0 bridgehead atoms. The number of amides is 2. The molecule has 0 heterocycles. The number of methoxy groups -OCH3 is 1. The summed E-state index contributed by atoms with van der Waals surface area (Å²) in [6.07, 6.45) is 0. The number of carbonyl (C=O) groups is 2. The lowest BCUT2D eigenvalue weighted by Gasteiger charge is -2.29. The van der Waals surface area contributed by atoms with E-state index in [9.17, 15) is 19.7 Å². The van der Waals surface area contributed by atoms with Crippen LogP contribution >= 0.6 is 11.6 Å². The van der Waals surface area contributed by atoms with Gasteiger partial charge in [-0.05, 0) is 43.2 Å². The molecule has 28 heavy (non-hydrogen) atoms. The molecule has 0 aromatic heterocycles. The molecular formula is C19H20ClN3O5. The second-order valence-corrected chi connectivity index (χ2v) is 6.77. The number of nitrogens with zero attached hydrogens (tertiary/aromatic N) is 1. The minimum absolute atomic E-state index is 0.0370. The number of rotatable bonds is 6.